The Morgan fingerprint density at radius 2 is 1.74 bits per heavy atom. The highest BCUT2D eigenvalue weighted by atomic mass is 16.6. The number of aromatic nitrogens is 1. The molecular formula is C25H33N3O6. The SMILES string of the molecule is COCCOC(=O)c1c(C)[nH]c(C(=O)NCc2ccc(C(=O)N3CC(C)OC(C)C3)cc2)c1C. The summed E-state index contributed by atoms with van der Waals surface area (Å²) in [5.41, 5.74) is 3.24. The summed E-state index contributed by atoms with van der Waals surface area (Å²) in [5, 5.41) is 2.86. The van der Waals surface area contributed by atoms with Gasteiger partial charge in [-0.2, -0.15) is 0 Å². The van der Waals surface area contributed by atoms with Crippen molar-refractivity contribution in [1.82, 2.24) is 15.2 Å². The second-order valence-corrected chi connectivity index (χ2v) is 8.60. The Hall–Kier alpha value is -3.17. The van der Waals surface area contributed by atoms with Gasteiger partial charge in [0, 0.05) is 38.0 Å². The molecule has 9 nitrogen and oxygen atoms in total. The van der Waals surface area contributed by atoms with E-state index in [1.165, 1.54) is 7.11 Å². The predicted octanol–water partition coefficient (Wildman–Crippen LogP) is 2.61. The van der Waals surface area contributed by atoms with Gasteiger partial charge >= 0.3 is 5.97 Å². The van der Waals surface area contributed by atoms with Crippen molar-refractivity contribution in [3.05, 3.63) is 57.9 Å². The van der Waals surface area contributed by atoms with E-state index in [0.717, 1.165) is 5.56 Å². The molecule has 184 valence electrons. The second kappa shape index (κ2) is 11.3. The molecule has 1 aliphatic rings. The molecule has 1 saturated heterocycles. The first-order chi connectivity index (χ1) is 16.2. The van der Waals surface area contributed by atoms with Gasteiger partial charge in [0.05, 0.1) is 24.4 Å². The summed E-state index contributed by atoms with van der Waals surface area (Å²) in [6.45, 7) is 9.21. The third-order valence-electron chi connectivity index (χ3n) is 5.75. The van der Waals surface area contributed by atoms with Gasteiger partial charge in [-0.1, -0.05) is 12.1 Å². The number of hydrogen-bond acceptors (Lipinski definition) is 6. The Morgan fingerprint density at radius 3 is 2.35 bits per heavy atom. The van der Waals surface area contributed by atoms with Crippen molar-refractivity contribution in [1.29, 1.82) is 0 Å². The first-order valence-corrected chi connectivity index (χ1v) is 11.4. The highest BCUT2D eigenvalue weighted by Gasteiger charge is 2.27. The summed E-state index contributed by atoms with van der Waals surface area (Å²) < 4.78 is 15.8. The fourth-order valence-electron chi connectivity index (χ4n) is 4.14. The molecule has 34 heavy (non-hydrogen) atoms. The van der Waals surface area contributed by atoms with Gasteiger partial charge in [0.25, 0.3) is 11.8 Å². The summed E-state index contributed by atoms with van der Waals surface area (Å²) >= 11 is 0. The molecule has 0 saturated carbocycles. The molecule has 3 rings (SSSR count). The van der Waals surface area contributed by atoms with E-state index in [2.05, 4.69) is 10.3 Å². The number of nitrogens with zero attached hydrogens (tertiary/aromatic N) is 1. The number of H-pyrrole nitrogens is 1. The van der Waals surface area contributed by atoms with E-state index >= 15 is 0 Å². The Kier molecular flexibility index (Phi) is 8.46. The molecule has 1 fully saturated rings. The van der Waals surface area contributed by atoms with Crippen LogP contribution < -0.4 is 5.32 Å². The largest absolute Gasteiger partial charge is 0.460 e. The number of rotatable bonds is 8. The summed E-state index contributed by atoms with van der Waals surface area (Å²) in [4.78, 5) is 42.7. The Bertz CT molecular complexity index is 1020. The number of carbonyl (C=O) groups excluding carboxylic acids is 3. The molecule has 9 heteroatoms. The standard InChI is InChI=1S/C25H33N3O6/c1-15-13-28(14-16(2)34-15)24(30)20-8-6-19(7-9-20)12-26-23(29)22-17(3)21(18(4)27-22)25(31)33-11-10-32-5/h6-9,15-16,27H,10-14H2,1-5H3,(H,26,29). The average molecular weight is 472 g/mol. The number of benzene rings is 1. The lowest BCUT2D eigenvalue weighted by atomic mass is 10.1. The maximum absolute atomic E-state index is 12.8. The van der Waals surface area contributed by atoms with Crippen LogP contribution in [0.1, 0.15) is 61.9 Å². The van der Waals surface area contributed by atoms with E-state index in [1.54, 1.807) is 26.0 Å². The number of morpholine rings is 1. The molecule has 2 amide bonds. The zero-order valence-corrected chi connectivity index (χ0v) is 20.4. The van der Waals surface area contributed by atoms with Crippen LogP contribution in [0, 0.1) is 13.8 Å². The predicted molar refractivity (Wildman–Crippen MR) is 126 cm³/mol. The first kappa shape index (κ1) is 25.5. The molecule has 2 unspecified atom stereocenters. The summed E-state index contributed by atoms with van der Waals surface area (Å²) in [7, 11) is 1.53. The van der Waals surface area contributed by atoms with Gasteiger partial charge in [0.2, 0.25) is 0 Å². The maximum Gasteiger partial charge on any atom is 0.340 e. The monoisotopic (exact) mass is 471 g/mol. The minimum atomic E-state index is -0.494. The van der Waals surface area contributed by atoms with Gasteiger partial charge in [0.1, 0.15) is 12.3 Å². The molecule has 2 N–H and O–H groups in total. The highest BCUT2D eigenvalue weighted by Crippen LogP contribution is 2.19. The maximum atomic E-state index is 12.8. The van der Waals surface area contributed by atoms with Crippen LogP contribution in [0.3, 0.4) is 0 Å². The van der Waals surface area contributed by atoms with E-state index in [-0.39, 0.29) is 37.2 Å². The lowest BCUT2D eigenvalue weighted by Gasteiger charge is -2.35. The van der Waals surface area contributed by atoms with E-state index in [0.29, 0.717) is 47.8 Å². The third-order valence-corrected chi connectivity index (χ3v) is 5.75. The molecule has 0 bridgehead atoms. The van der Waals surface area contributed by atoms with Crippen molar-refractivity contribution in [3.63, 3.8) is 0 Å². The number of hydrogen-bond donors (Lipinski definition) is 2. The molecule has 2 heterocycles. The van der Waals surface area contributed by atoms with Crippen molar-refractivity contribution in [2.45, 2.75) is 46.4 Å². The Balaban J connectivity index is 1.59. The third kappa shape index (κ3) is 6.03. The second-order valence-electron chi connectivity index (χ2n) is 8.60. The number of ether oxygens (including phenoxy) is 3. The van der Waals surface area contributed by atoms with Crippen molar-refractivity contribution in [2.24, 2.45) is 0 Å². The molecule has 0 aliphatic carbocycles. The topological polar surface area (TPSA) is 110 Å². The fraction of sp³-hybridized carbons (Fsp3) is 0.480. The number of esters is 1. The minimum absolute atomic E-state index is 0.00926. The van der Waals surface area contributed by atoms with Crippen molar-refractivity contribution < 1.29 is 28.6 Å². The number of amides is 2. The highest BCUT2D eigenvalue weighted by molar-refractivity contribution is 6.00. The zero-order chi connectivity index (χ0) is 24.8. The van der Waals surface area contributed by atoms with Crippen LogP contribution in [0.2, 0.25) is 0 Å². The molecular weight excluding hydrogens is 438 g/mol. The quantitative estimate of drug-likeness (QED) is 0.452. The van der Waals surface area contributed by atoms with Crippen LogP contribution in [-0.2, 0) is 20.8 Å². The normalized spacial score (nSPS) is 18.0. The lowest BCUT2D eigenvalue weighted by molar-refractivity contribution is -0.0586. The van der Waals surface area contributed by atoms with Gasteiger partial charge in [-0.05, 0) is 51.0 Å². The van der Waals surface area contributed by atoms with Crippen molar-refractivity contribution in [3.8, 4) is 0 Å². The van der Waals surface area contributed by atoms with Crippen LogP contribution in [0.5, 0.6) is 0 Å². The number of nitrogens with one attached hydrogen (secondary N) is 2. The Labute approximate surface area is 199 Å². The van der Waals surface area contributed by atoms with Gasteiger partial charge < -0.3 is 29.4 Å². The van der Waals surface area contributed by atoms with Gasteiger partial charge in [-0.3, -0.25) is 9.59 Å². The summed E-state index contributed by atoms with van der Waals surface area (Å²) in [6.07, 6.45) is 0.0185. The van der Waals surface area contributed by atoms with E-state index in [9.17, 15) is 14.4 Å². The molecule has 2 atom stereocenters. The smallest absolute Gasteiger partial charge is 0.340 e. The average Bonchev–Trinajstić information content (AvgIpc) is 3.10. The van der Waals surface area contributed by atoms with Gasteiger partial charge in [-0.25, -0.2) is 4.79 Å². The van der Waals surface area contributed by atoms with Crippen LogP contribution in [0.4, 0.5) is 0 Å². The minimum Gasteiger partial charge on any atom is -0.460 e. The first-order valence-electron chi connectivity index (χ1n) is 11.4. The zero-order valence-electron chi connectivity index (χ0n) is 20.4. The van der Waals surface area contributed by atoms with E-state index < -0.39 is 5.97 Å². The van der Waals surface area contributed by atoms with E-state index in [4.69, 9.17) is 14.2 Å². The molecule has 1 aliphatic heterocycles. The van der Waals surface area contributed by atoms with Crippen LogP contribution in [0.25, 0.3) is 0 Å². The number of carbonyl (C=O) groups is 3. The van der Waals surface area contributed by atoms with Crippen LogP contribution >= 0.6 is 0 Å². The van der Waals surface area contributed by atoms with Crippen molar-refractivity contribution in [2.75, 3.05) is 33.4 Å². The molecule has 0 spiro atoms. The fourth-order valence-corrected chi connectivity index (χ4v) is 4.14. The molecule has 0 radical (unpaired) electrons. The van der Waals surface area contributed by atoms with Gasteiger partial charge in [-0.15, -0.1) is 0 Å². The summed E-state index contributed by atoms with van der Waals surface area (Å²) in [6, 6.07) is 7.19. The number of aromatic amines is 1. The van der Waals surface area contributed by atoms with Crippen LogP contribution in [0.15, 0.2) is 24.3 Å². The van der Waals surface area contributed by atoms with E-state index in [1.807, 2.05) is 30.9 Å². The number of aryl methyl sites for hydroxylation is 1. The van der Waals surface area contributed by atoms with Crippen LogP contribution in [-0.4, -0.2) is 73.3 Å². The molecule has 1 aromatic carbocycles. The Morgan fingerprint density at radius 1 is 1.09 bits per heavy atom. The number of methoxy groups -OCH3 is 1. The lowest BCUT2D eigenvalue weighted by Crippen LogP contribution is -2.48. The molecule has 1 aromatic heterocycles. The van der Waals surface area contributed by atoms with Crippen molar-refractivity contribution >= 4 is 17.8 Å². The van der Waals surface area contributed by atoms with Gasteiger partial charge in [0.15, 0.2) is 0 Å². The molecule has 2 aromatic rings. The summed E-state index contributed by atoms with van der Waals surface area (Å²) in [5.74, 6) is -0.848.